The molecule has 3 aromatic rings. The third-order valence-electron chi connectivity index (χ3n) is 8.79. The number of amides is 1. The number of aryl methyl sites for hydroxylation is 1. The number of carbonyl (C=O) groups excluding carboxylic acids is 1. The summed E-state index contributed by atoms with van der Waals surface area (Å²) in [5.41, 5.74) is 2.17. The summed E-state index contributed by atoms with van der Waals surface area (Å²) in [6.07, 6.45) is 3.60. The lowest BCUT2D eigenvalue weighted by molar-refractivity contribution is -0.0493. The number of rotatable bonds is 10. The van der Waals surface area contributed by atoms with E-state index in [2.05, 4.69) is 30.4 Å². The summed E-state index contributed by atoms with van der Waals surface area (Å²) in [4.78, 5) is 27.7. The fourth-order valence-electron chi connectivity index (χ4n) is 6.36. The van der Waals surface area contributed by atoms with Gasteiger partial charge in [0.2, 0.25) is 5.95 Å². The maximum absolute atomic E-state index is 13.7. The van der Waals surface area contributed by atoms with E-state index in [4.69, 9.17) is 21.1 Å². The molecule has 2 aliphatic heterocycles. The number of piperazine rings is 1. The first-order valence-electron chi connectivity index (χ1n) is 16.9. The van der Waals surface area contributed by atoms with E-state index < -0.39 is 19.4 Å². The maximum atomic E-state index is 13.7. The molecule has 0 aliphatic carbocycles. The molecule has 2 N–H and O–H groups in total. The van der Waals surface area contributed by atoms with Crippen molar-refractivity contribution in [1.82, 2.24) is 19.8 Å². The highest BCUT2D eigenvalue weighted by Gasteiger charge is 2.31. The van der Waals surface area contributed by atoms with Crippen LogP contribution in [0.1, 0.15) is 46.1 Å². The molecule has 5 rings (SSSR count). The Balaban J connectivity index is 1.29. The Morgan fingerprint density at radius 3 is 2.34 bits per heavy atom. The van der Waals surface area contributed by atoms with E-state index in [0.717, 1.165) is 50.3 Å². The van der Waals surface area contributed by atoms with Crippen LogP contribution >= 0.6 is 18.7 Å². The molecule has 0 spiro atoms. The first-order chi connectivity index (χ1) is 23.6. The molecule has 1 amide bonds. The molecule has 0 radical (unpaired) electrons. The Morgan fingerprint density at radius 2 is 1.72 bits per heavy atom. The molecule has 0 unspecified atom stereocenters. The first-order valence-corrected chi connectivity index (χ1v) is 19.9. The van der Waals surface area contributed by atoms with Crippen LogP contribution in [0.25, 0.3) is 0 Å². The third-order valence-corrected chi connectivity index (χ3v) is 10.6. The maximum Gasteiger partial charge on any atom is 0.410 e. The van der Waals surface area contributed by atoms with Gasteiger partial charge >= 0.3 is 12.7 Å². The van der Waals surface area contributed by atoms with Gasteiger partial charge in [0.05, 0.1) is 17.6 Å². The van der Waals surface area contributed by atoms with Gasteiger partial charge in [0, 0.05) is 62.4 Å². The largest absolute Gasteiger partial charge is 0.444 e. The molecular weight excluding hydrogens is 687 g/mol. The van der Waals surface area contributed by atoms with Crippen LogP contribution in [0.5, 0.6) is 5.75 Å². The molecule has 0 atom stereocenters. The number of aromatic nitrogens is 2. The summed E-state index contributed by atoms with van der Waals surface area (Å²) in [6.45, 7) is 12.3. The number of carbonyl (C=O) groups is 1. The van der Waals surface area contributed by atoms with E-state index in [1.54, 1.807) is 42.5 Å². The zero-order valence-corrected chi connectivity index (χ0v) is 31.2. The summed E-state index contributed by atoms with van der Waals surface area (Å²) >= 11 is 6.43. The smallest absolute Gasteiger partial charge is 0.410 e. The minimum atomic E-state index is -3.04. The van der Waals surface area contributed by atoms with E-state index in [0.29, 0.717) is 42.2 Å². The van der Waals surface area contributed by atoms with Crippen LogP contribution in [0.2, 0.25) is 5.02 Å². The van der Waals surface area contributed by atoms with Gasteiger partial charge in [0.15, 0.2) is 11.6 Å². The summed E-state index contributed by atoms with van der Waals surface area (Å²) < 4.78 is 50.9. The van der Waals surface area contributed by atoms with Crippen molar-refractivity contribution in [3.63, 3.8) is 0 Å². The highest BCUT2D eigenvalue weighted by Crippen LogP contribution is 2.40. The van der Waals surface area contributed by atoms with Crippen molar-refractivity contribution in [3.05, 3.63) is 53.2 Å². The fraction of sp³-hybridized carbons (Fsp3) is 0.514. The minimum absolute atomic E-state index is 0.0242. The molecule has 0 saturated carbocycles. The Kier molecular flexibility index (Phi) is 11.8. The number of benzene rings is 2. The molecule has 1 aromatic heterocycles. The van der Waals surface area contributed by atoms with Gasteiger partial charge in [-0.1, -0.05) is 30.7 Å². The summed E-state index contributed by atoms with van der Waals surface area (Å²) in [7, 11) is -2.62. The molecule has 0 bridgehead atoms. The Morgan fingerprint density at radius 1 is 1.04 bits per heavy atom. The zero-order valence-electron chi connectivity index (χ0n) is 29.5. The van der Waals surface area contributed by atoms with Crippen molar-refractivity contribution in [2.24, 2.45) is 0 Å². The molecule has 15 heteroatoms. The lowest BCUT2D eigenvalue weighted by Gasteiger charge is -2.43. The predicted octanol–water partition coefficient (Wildman–Crippen LogP) is 7.55. The number of halogens is 3. The van der Waals surface area contributed by atoms with Crippen LogP contribution in [0.15, 0.2) is 42.6 Å². The molecule has 11 nitrogen and oxygen atoms in total. The number of alkyl halides is 2. The van der Waals surface area contributed by atoms with E-state index >= 15 is 0 Å². The lowest BCUT2D eigenvalue weighted by Crippen LogP contribution is -2.55. The number of piperidine rings is 1. The molecular formula is C35H47ClF2N7O4P. The van der Waals surface area contributed by atoms with Crippen LogP contribution in [0.4, 0.5) is 42.4 Å². The van der Waals surface area contributed by atoms with E-state index in [1.165, 1.54) is 6.20 Å². The van der Waals surface area contributed by atoms with Gasteiger partial charge in [-0.25, -0.2) is 9.78 Å². The second-order valence-electron chi connectivity index (χ2n) is 13.9. The Hall–Kier alpha value is -3.67. The normalized spacial score (nSPS) is 16.4. The highest BCUT2D eigenvalue weighted by molar-refractivity contribution is 7.70. The number of nitrogens with zero attached hydrogens (tertiary/aromatic N) is 5. The van der Waals surface area contributed by atoms with Crippen molar-refractivity contribution in [2.45, 2.75) is 65.2 Å². The molecule has 3 heterocycles. The fourth-order valence-corrected chi connectivity index (χ4v) is 7.66. The lowest BCUT2D eigenvalue weighted by atomic mass is 9.99. The number of para-hydroxylation sites is 1. The van der Waals surface area contributed by atoms with Gasteiger partial charge in [-0.15, -0.1) is 0 Å². The second-order valence-corrected chi connectivity index (χ2v) is 17.5. The molecule has 2 aromatic carbocycles. The van der Waals surface area contributed by atoms with Crippen LogP contribution in [-0.2, 0) is 15.7 Å². The monoisotopic (exact) mass is 733 g/mol. The van der Waals surface area contributed by atoms with Crippen molar-refractivity contribution >= 4 is 59.0 Å². The summed E-state index contributed by atoms with van der Waals surface area (Å²) in [5.74, 6) is 0.360. The van der Waals surface area contributed by atoms with Crippen LogP contribution < -0.4 is 25.6 Å². The van der Waals surface area contributed by atoms with Crippen molar-refractivity contribution < 1.29 is 27.6 Å². The van der Waals surface area contributed by atoms with Crippen molar-refractivity contribution in [3.8, 4) is 5.75 Å². The average molecular weight is 734 g/mol. The van der Waals surface area contributed by atoms with E-state index in [9.17, 15) is 18.1 Å². The van der Waals surface area contributed by atoms with Gasteiger partial charge in [0.25, 0.3) is 0 Å². The van der Waals surface area contributed by atoms with E-state index in [-0.39, 0.29) is 28.6 Å². The van der Waals surface area contributed by atoms with Gasteiger partial charge in [-0.3, -0.25) is 4.90 Å². The summed E-state index contributed by atoms with van der Waals surface area (Å²) in [5, 5.41) is 7.09. The van der Waals surface area contributed by atoms with Crippen LogP contribution in [0.3, 0.4) is 0 Å². The number of hydrogen-bond donors (Lipinski definition) is 2. The standard InChI is InChI=1S/C35H47ClF2N7O4P/c1-7-23-20-27(41-33-39-22-25(36)31(42-33)40-26-10-8-9-11-30(26)50(5,6)47)29(48-32(37)38)21-28(23)44-14-12-24(13-15-44)43-16-18-45(19-17-43)34(46)49-35(2,3)4/h8-11,20-22,24,32H,7,12-19H2,1-6H3,(H2,39,40,41,42). The first kappa shape index (κ1) is 37.6. The van der Waals surface area contributed by atoms with Gasteiger partial charge in [-0.2, -0.15) is 13.8 Å². The quantitative estimate of drug-likeness (QED) is 0.203. The van der Waals surface area contributed by atoms with Gasteiger partial charge < -0.3 is 34.5 Å². The molecule has 2 aliphatic rings. The average Bonchev–Trinajstić information content (AvgIpc) is 3.06. The van der Waals surface area contributed by atoms with Crippen molar-refractivity contribution in [1.29, 1.82) is 0 Å². The zero-order chi connectivity index (χ0) is 36.2. The number of nitrogens with one attached hydrogen (secondary N) is 2. The topological polar surface area (TPSA) is 112 Å². The Bertz CT molecular complexity index is 1700. The highest BCUT2D eigenvalue weighted by atomic mass is 35.5. The number of hydrogen-bond acceptors (Lipinski definition) is 10. The van der Waals surface area contributed by atoms with Gasteiger partial charge in [-0.05, 0) is 77.1 Å². The third kappa shape index (κ3) is 9.56. The SMILES string of the molecule is CCc1cc(Nc2ncc(Cl)c(Nc3ccccc3P(C)(C)=O)n2)c(OC(F)F)cc1N1CCC(N2CCN(C(=O)OC(C)(C)C)CC2)CC1. The van der Waals surface area contributed by atoms with Crippen molar-refractivity contribution in [2.75, 3.05) is 68.1 Å². The molecule has 2 saturated heterocycles. The molecule has 50 heavy (non-hydrogen) atoms. The number of anilines is 5. The number of ether oxygens (including phenoxy) is 2. The molecule has 272 valence electrons. The van der Waals surface area contributed by atoms with Gasteiger partial charge in [0.1, 0.15) is 17.8 Å². The Labute approximate surface area is 298 Å². The van der Waals surface area contributed by atoms with E-state index in [1.807, 2.05) is 39.8 Å². The minimum Gasteiger partial charge on any atom is -0.444 e. The predicted molar refractivity (Wildman–Crippen MR) is 196 cm³/mol. The van der Waals surface area contributed by atoms with Crippen LogP contribution in [-0.4, -0.2) is 96.7 Å². The second kappa shape index (κ2) is 15.7. The molecule has 2 fully saturated rings. The summed E-state index contributed by atoms with van der Waals surface area (Å²) in [6, 6.07) is 11.0. The van der Waals surface area contributed by atoms with Crippen LogP contribution in [0, 0.1) is 0 Å².